The zero-order valence-electron chi connectivity index (χ0n) is 17.0. The predicted octanol–water partition coefficient (Wildman–Crippen LogP) is 2.56. The molecule has 1 aliphatic heterocycles. The van der Waals surface area contributed by atoms with Gasteiger partial charge < -0.3 is 15.1 Å². The van der Waals surface area contributed by atoms with Gasteiger partial charge in [-0.25, -0.2) is 12.8 Å². The number of hydrogen-bond acceptors (Lipinski definition) is 5. The number of amides is 2. The Bertz CT molecular complexity index is 1320. The number of nitrogens with one attached hydrogen (secondary N) is 2. The first-order valence-corrected chi connectivity index (χ1v) is 11.3. The summed E-state index contributed by atoms with van der Waals surface area (Å²) < 4.78 is 45.2. The van der Waals surface area contributed by atoms with Gasteiger partial charge >= 0.3 is 0 Å². The van der Waals surface area contributed by atoms with E-state index in [-0.39, 0.29) is 23.5 Å². The summed E-state index contributed by atoms with van der Waals surface area (Å²) in [5.41, 5.74) is 1.82. The van der Waals surface area contributed by atoms with Gasteiger partial charge in [0, 0.05) is 24.1 Å². The van der Waals surface area contributed by atoms with Crippen LogP contribution in [0.2, 0.25) is 0 Å². The van der Waals surface area contributed by atoms with Crippen LogP contribution in [0.5, 0.6) is 0 Å². The summed E-state index contributed by atoms with van der Waals surface area (Å²) in [4.78, 5) is 24.9. The van der Waals surface area contributed by atoms with Gasteiger partial charge in [0.25, 0.3) is 5.91 Å². The van der Waals surface area contributed by atoms with E-state index in [1.165, 1.54) is 37.4 Å². The lowest BCUT2D eigenvalue weighted by Crippen LogP contribution is -2.37. The molecule has 0 saturated carbocycles. The Morgan fingerprint density at radius 2 is 1.94 bits per heavy atom. The van der Waals surface area contributed by atoms with Crippen molar-refractivity contribution in [2.75, 3.05) is 24.2 Å². The van der Waals surface area contributed by atoms with Gasteiger partial charge in [-0.3, -0.25) is 13.9 Å². The van der Waals surface area contributed by atoms with Crippen molar-refractivity contribution in [3.63, 3.8) is 0 Å². The molecule has 10 heteroatoms. The number of halogens is 1. The summed E-state index contributed by atoms with van der Waals surface area (Å²) in [6.07, 6.45) is 1.02. The second-order valence-electron chi connectivity index (χ2n) is 7.36. The molecule has 2 amide bonds. The fraction of sp³-hybridized carbons (Fsp3) is 0.238. The first kappa shape index (κ1) is 20.9. The second-order valence-corrected chi connectivity index (χ2v) is 9.27. The number of carbonyl (C=O) groups is 2. The molecule has 0 aliphatic carbocycles. The lowest BCUT2D eigenvalue weighted by atomic mass is 9.99. The molecule has 0 unspecified atom stereocenters. The predicted molar refractivity (Wildman–Crippen MR) is 114 cm³/mol. The summed E-state index contributed by atoms with van der Waals surface area (Å²) in [6.45, 7) is 1.37. The molecule has 1 aromatic heterocycles. The quantitative estimate of drug-likeness (QED) is 0.644. The molecule has 0 radical (unpaired) electrons. The van der Waals surface area contributed by atoms with Crippen molar-refractivity contribution >= 4 is 38.5 Å². The van der Waals surface area contributed by atoms with Crippen LogP contribution in [-0.2, 0) is 14.8 Å². The van der Waals surface area contributed by atoms with Gasteiger partial charge in [0.2, 0.25) is 15.9 Å². The number of furan rings is 1. The molecule has 4 rings (SSSR count). The summed E-state index contributed by atoms with van der Waals surface area (Å²) >= 11 is 0. The maximum absolute atomic E-state index is 13.4. The number of fused-ring (bicyclic) bond motifs is 2. The highest BCUT2D eigenvalue weighted by atomic mass is 32.2. The van der Waals surface area contributed by atoms with E-state index >= 15 is 0 Å². The van der Waals surface area contributed by atoms with Crippen LogP contribution in [0.15, 0.2) is 40.8 Å². The van der Waals surface area contributed by atoms with Crippen LogP contribution in [0.3, 0.4) is 0 Å². The molecular weight excluding hydrogens is 425 g/mol. The van der Waals surface area contributed by atoms with E-state index in [1.54, 1.807) is 13.0 Å². The fourth-order valence-electron chi connectivity index (χ4n) is 3.74. The van der Waals surface area contributed by atoms with Crippen LogP contribution in [-0.4, -0.2) is 40.1 Å². The zero-order chi connectivity index (χ0) is 22.5. The highest BCUT2D eigenvalue weighted by Gasteiger charge is 2.32. The zero-order valence-corrected chi connectivity index (χ0v) is 17.8. The van der Waals surface area contributed by atoms with Gasteiger partial charge in [-0.1, -0.05) is 0 Å². The van der Waals surface area contributed by atoms with Crippen molar-refractivity contribution in [3.05, 3.63) is 53.3 Å². The van der Waals surface area contributed by atoms with Crippen molar-refractivity contribution in [1.82, 2.24) is 10.6 Å². The molecule has 8 nitrogen and oxygen atoms in total. The number of hydrogen-bond donors (Lipinski definition) is 2. The van der Waals surface area contributed by atoms with Gasteiger partial charge in [0.15, 0.2) is 0 Å². The van der Waals surface area contributed by atoms with Gasteiger partial charge in [-0.05, 0) is 42.8 Å². The molecule has 1 atom stereocenters. The van der Waals surface area contributed by atoms with Crippen molar-refractivity contribution in [3.8, 4) is 11.3 Å². The average molecular weight is 445 g/mol. The monoisotopic (exact) mass is 445 g/mol. The van der Waals surface area contributed by atoms with E-state index < -0.39 is 33.7 Å². The first-order valence-electron chi connectivity index (χ1n) is 9.45. The summed E-state index contributed by atoms with van der Waals surface area (Å²) in [7, 11) is -2.28. The molecule has 162 valence electrons. The second kappa shape index (κ2) is 7.38. The molecule has 2 aromatic carbocycles. The topological polar surface area (TPSA) is 109 Å². The van der Waals surface area contributed by atoms with Crippen LogP contribution in [0.1, 0.15) is 28.9 Å². The minimum atomic E-state index is -3.76. The highest BCUT2D eigenvalue weighted by Crippen LogP contribution is 2.40. The Kier molecular flexibility index (Phi) is 4.97. The summed E-state index contributed by atoms with van der Waals surface area (Å²) in [5, 5.41) is 5.78. The van der Waals surface area contributed by atoms with Crippen molar-refractivity contribution in [2.45, 2.75) is 13.0 Å². The number of sulfonamides is 1. The number of nitrogens with zero attached hydrogens (tertiary/aromatic N) is 1. The summed E-state index contributed by atoms with van der Waals surface area (Å²) in [5.74, 6) is -1.05. The Balaban J connectivity index is 2.04. The van der Waals surface area contributed by atoms with Crippen molar-refractivity contribution in [1.29, 1.82) is 0 Å². The average Bonchev–Trinajstić information content (AvgIpc) is 3.02. The Hall–Kier alpha value is -3.40. The molecule has 31 heavy (non-hydrogen) atoms. The lowest BCUT2D eigenvalue weighted by Gasteiger charge is -2.21. The number of rotatable bonds is 3. The van der Waals surface area contributed by atoms with Crippen LogP contribution in [0.4, 0.5) is 10.1 Å². The third-order valence-electron chi connectivity index (χ3n) is 5.20. The van der Waals surface area contributed by atoms with E-state index in [0.29, 0.717) is 22.2 Å². The first-order chi connectivity index (χ1) is 14.6. The SMILES string of the molecule is CNC(=O)c1c(-c2ccc(F)cc2)oc2cc3c(cc12)[C@@H](C)NC(=O)CN3S(C)(=O)=O. The Morgan fingerprint density at radius 3 is 2.55 bits per heavy atom. The minimum absolute atomic E-state index is 0.233. The van der Waals surface area contributed by atoms with E-state index in [0.717, 1.165) is 10.6 Å². The Labute approximate surface area is 178 Å². The highest BCUT2D eigenvalue weighted by molar-refractivity contribution is 7.92. The number of anilines is 1. The van der Waals surface area contributed by atoms with Crippen molar-refractivity contribution < 1.29 is 26.8 Å². The molecule has 2 N–H and O–H groups in total. The molecule has 0 saturated heterocycles. The third kappa shape index (κ3) is 3.63. The largest absolute Gasteiger partial charge is 0.455 e. The van der Waals surface area contributed by atoms with E-state index in [1.807, 2.05) is 0 Å². The van der Waals surface area contributed by atoms with Gasteiger partial charge in [-0.2, -0.15) is 0 Å². The van der Waals surface area contributed by atoms with E-state index in [2.05, 4.69) is 10.6 Å². The maximum atomic E-state index is 13.4. The van der Waals surface area contributed by atoms with Crippen LogP contribution in [0, 0.1) is 5.82 Å². The fourth-order valence-corrected chi connectivity index (χ4v) is 4.61. The molecule has 0 bridgehead atoms. The van der Waals surface area contributed by atoms with Gasteiger partial charge in [0.05, 0.1) is 23.5 Å². The smallest absolute Gasteiger partial charge is 0.255 e. The van der Waals surface area contributed by atoms with E-state index in [9.17, 15) is 22.4 Å². The normalized spacial score (nSPS) is 16.6. The number of benzene rings is 2. The molecule has 0 fully saturated rings. The maximum Gasteiger partial charge on any atom is 0.255 e. The molecule has 2 heterocycles. The number of carbonyl (C=O) groups excluding carboxylic acids is 2. The molecular formula is C21H20FN3O5S. The molecule has 0 spiro atoms. The third-order valence-corrected chi connectivity index (χ3v) is 6.32. The standard InChI is InChI=1S/C21H20FN3O5S/c1-11-14-8-15-17(9-16(14)25(31(3,28)29)10-18(26)24-11)30-20(19(15)21(27)23-2)12-4-6-13(22)7-5-12/h4-9,11H,10H2,1-3H3,(H,23,27)(H,24,26)/t11-/m1/s1. The molecule has 3 aromatic rings. The van der Waals surface area contributed by atoms with Crippen LogP contribution >= 0.6 is 0 Å². The Morgan fingerprint density at radius 1 is 1.26 bits per heavy atom. The van der Waals surface area contributed by atoms with Gasteiger partial charge in [0.1, 0.15) is 23.7 Å². The lowest BCUT2D eigenvalue weighted by molar-refractivity contribution is -0.120. The summed E-state index contributed by atoms with van der Waals surface area (Å²) in [6, 6.07) is 8.18. The van der Waals surface area contributed by atoms with Crippen molar-refractivity contribution in [2.24, 2.45) is 0 Å². The minimum Gasteiger partial charge on any atom is -0.455 e. The van der Waals surface area contributed by atoms with Gasteiger partial charge in [-0.15, -0.1) is 0 Å². The van der Waals surface area contributed by atoms with Crippen LogP contribution in [0.25, 0.3) is 22.3 Å². The van der Waals surface area contributed by atoms with E-state index in [4.69, 9.17) is 4.42 Å². The molecule has 1 aliphatic rings. The van der Waals surface area contributed by atoms with Crippen LogP contribution < -0.4 is 14.9 Å².